The van der Waals surface area contributed by atoms with Crippen molar-refractivity contribution < 1.29 is 0 Å². The summed E-state index contributed by atoms with van der Waals surface area (Å²) >= 11 is 1.40. The number of hydrogen-bond donors (Lipinski definition) is 0. The first kappa shape index (κ1) is 23.0. The second-order valence-corrected chi connectivity index (χ2v) is 6.58. The molecule has 20 heavy (non-hydrogen) atoms. The van der Waals surface area contributed by atoms with Crippen LogP contribution in [-0.4, -0.2) is 27.9 Å². The molecule has 0 aromatic heterocycles. The largest absolute Gasteiger partial charge is 0.147 e. The zero-order valence-electron chi connectivity index (χ0n) is 13.9. The van der Waals surface area contributed by atoms with Gasteiger partial charge in [-0.1, -0.05) is 25.8 Å². The van der Waals surface area contributed by atoms with E-state index in [1.165, 1.54) is 102 Å². The third-order valence-corrected chi connectivity index (χ3v) is 4.26. The Kier molecular flexibility index (Phi) is 25.4. The van der Waals surface area contributed by atoms with Gasteiger partial charge < -0.3 is 0 Å². The van der Waals surface area contributed by atoms with Crippen molar-refractivity contribution in [2.75, 3.05) is 0 Å². The molecule has 0 N–H and O–H groups in total. The molecule has 0 unspecified atom stereocenters. The van der Waals surface area contributed by atoms with Crippen molar-refractivity contribution in [1.82, 2.24) is 0 Å². The van der Waals surface area contributed by atoms with E-state index >= 15 is 0 Å². The fraction of sp³-hybridized carbons (Fsp3) is 0.778. The van der Waals surface area contributed by atoms with E-state index < -0.39 is 0 Å². The van der Waals surface area contributed by atoms with E-state index in [-0.39, 0.29) is 12.4 Å². The number of halogens is 1. The van der Waals surface area contributed by atoms with Crippen molar-refractivity contribution in [3.05, 3.63) is 24.3 Å². The summed E-state index contributed by atoms with van der Waals surface area (Å²) in [7, 11) is 0. The third kappa shape index (κ3) is 21.1. The maximum absolute atomic E-state index is 2.37. The molecule has 0 saturated carbocycles. The first-order valence-electron chi connectivity index (χ1n) is 8.71. The molecule has 2 heteroatoms. The molecule has 0 rings (SSSR count). The predicted molar refractivity (Wildman–Crippen MR) is 97.2 cm³/mol. The number of allylic oxidation sites excluding steroid dienone is 4. The first-order valence-corrected chi connectivity index (χ1v) is 10.1. The summed E-state index contributed by atoms with van der Waals surface area (Å²) in [4.78, 5) is 0. The fourth-order valence-electron chi connectivity index (χ4n) is 2.24. The molecule has 0 amide bonds. The van der Waals surface area contributed by atoms with E-state index in [1.807, 2.05) is 0 Å². The van der Waals surface area contributed by atoms with Crippen molar-refractivity contribution in [2.24, 2.45) is 0 Å². The van der Waals surface area contributed by atoms with E-state index in [0.717, 1.165) is 6.42 Å². The normalized spacial score (nSPS) is 11.3. The molecule has 0 aromatic rings. The minimum atomic E-state index is 0. The van der Waals surface area contributed by atoms with Gasteiger partial charge in [-0.3, -0.25) is 0 Å². The van der Waals surface area contributed by atoms with Gasteiger partial charge in [0.1, 0.15) is 0 Å². The predicted octanol–water partition coefficient (Wildman–Crippen LogP) is 6.81. The summed E-state index contributed by atoms with van der Waals surface area (Å²) in [6.45, 7) is 2.26. The molecule has 0 heterocycles. The van der Waals surface area contributed by atoms with Crippen LogP contribution in [0.2, 0.25) is 3.67 Å². The van der Waals surface area contributed by atoms with E-state index in [2.05, 4.69) is 31.2 Å². The zero-order chi connectivity index (χ0) is 14.0. The molecule has 0 aliphatic heterocycles. The van der Waals surface area contributed by atoms with E-state index in [0.29, 0.717) is 0 Å². The molecule has 0 saturated heterocycles. The molecule has 0 fully saturated rings. The minimum Gasteiger partial charge on any atom is -0.147 e. The summed E-state index contributed by atoms with van der Waals surface area (Å²) in [6.07, 6.45) is 25.8. The summed E-state index contributed by atoms with van der Waals surface area (Å²) in [5.41, 5.74) is 0. The average Bonchev–Trinajstić information content (AvgIpc) is 2.43. The molecule has 0 nitrogen and oxygen atoms in total. The Morgan fingerprint density at radius 1 is 0.650 bits per heavy atom. The standard InChI is InChI=1S/C18H33.ClH.Na/c1-3-5-7-9-11-13-15-17-18-16-14-12-10-8-6-4-2;;/h12,14,17-18H,1,3-11,13,15-16H2,2H3;1H;/b14-12-,18-17-;;. The van der Waals surface area contributed by atoms with Crippen LogP contribution < -0.4 is 0 Å². The van der Waals surface area contributed by atoms with Gasteiger partial charge in [0.2, 0.25) is 0 Å². The van der Waals surface area contributed by atoms with Crippen molar-refractivity contribution >= 4 is 40.3 Å². The van der Waals surface area contributed by atoms with Gasteiger partial charge >= 0.3 is 101 Å². The fourth-order valence-corrected chi connectivity index (χ4v) is 2.74. The maximum Gasteiger partial charge on any atom is -0.147 e. The van der Waals surface area contributed by atoms with Crippen LogP contribution in [0.4, 0.5) is 0 Å². The Bertz CT molecular complexity index is 211. The SMILES string of the molecule is CCCCC/C=C\C/C=C\CCCCCCC[CH2][Na].Cl. The van der Waals surface area contributed by atoms with E-state index in [9.17, 15) is 0 Å². The number of rotatable bonds is 14. The molecular weight excluding hydrogens is 275 g/mol. The van der Waals surface area contributed by atoms with Gasteiger partial charge in [0, 0.05) is 0 Å². The first-order chi connectivity index (χ1) is 9.41. The van der Waals surface area contributed by atoms with Gasteiger partial charge in [-0.25, -0.2) is 0 Å². The van der Waals surface area contributed by atoms with Gasteiger partial charge in [0.15, 0.2) is 0 Å². The van der Waals surface area contributed by atoms with Gasteiger partial charge in [0.25, 0.3) is 0 Å². The Labute approximate surface area is 151 Å². The van der Waals surface area contributed by atoms with Gasteiger partial charge in [0.05, 0.1) is 0 Å². The molecule has 0 aromatic carbocycles. The Morgan fingerprint density at radius 2 is 1.15 bits per heavy atom. The Hall–Kier alpha value is 0.770. The number of hydrogen-bond acceptors (Lipinski definition) is 0. The zero-order valence-corrected chi connectivity index (χ0v) is 16.7. The molecule has 0 bridgehead atoms. The number of unbranched alkanes of at least 4 members (excludes halogenated alkanes) is 9. The van der Waals surface area contributed by atoms with Gasteiger partial charge in [-0.15, -0.1) is 12.4 Å². The molecule has 0 aliphatic carbocycles. The van der Waals surface area contributed by atoms with Crippen molar-refractivity contribution in [3.8, 4) is 0 Å². The van der Waals surface area contributed by atoms with Crippen LogP contribution in [0.1, 0.15) is 84.0 Å². The smallest absolute Gasteiger partial charge is 0.147 e. The summed E-state index contributed by atoms with van der Waals surface area (Å²) in [5, 5.41) is 0. The molecule has 0 atom stereocenters. The summed E-state index contributed by atoms with van der Waals surface area (Å²) in [6, 6.07) is 0. The van der Waals surface area contributed by atoms with Crippen LogP contribution in [-0.2, 0) is 0 Å². The molecule has 0 aliphatic rings. The van der Waals surface area contributed by atoms with Crippen LogP contribution in [0.25, 0.3) is 0 Å². The second-order valence-electron chi connectivity index (χ2n) is 5.58. The monoisotopic (exact) mass is 308 g/mol. The Morgan fingerprint density at radius 3 is 1.70 bits per heavy atom. The maximum atomic E-state index is 2.37. The van der Waals surface area contributed by atoms with E-state index in [4.69, 9.17) is 0 Å². The van der Waals surface area contributed by atoms with Crippen LogP contribution in [0, 0.1) is 0 Å². The van der Waals surface area contributed by atoms with Crippen LogP contribution in [0.5, 0.6) is 0 Å². The minimum absolute atomic E-state index is 0. The molecule has 0 spiro atoms. The van der Waals surface area contributed by atoms with Crippen molar-refractivity contribution in [3.63, 3.8) is 0 Å². The van der Waals surface area contributed by atoms with Gasteiger partial charge in [-0.05, 0) is 12.8 Å². The second kappa shape index (κ2) is 22.1. The molecular formula is C18H34ClNa. The summed E-state index contributed by atoms with van der Waals surface area (Å²) < 4.78 is 1.49. The van der Waals surface area contributed by atoms with E-state index in [1.54, 1.807) is 0 Å². The quantitative estimate of drug-likeness (QED) is 0.188. The summed E-state index contributed by atoms with van der Waals surface area (Å²) in [5.74, 6) is 0. The van der Waals surface area contributed by atoms with Crippen molar-refractivity contribution in [2.45, 2.75) is 87.6 Å². The topological polar surface area (TPSA) is 0 Å². The van der Waals surface area contributed by atoms with Crippen molar-refractivity contribution in [1.29, 1.82) is 0 Å². The molecule has 0 radical (unpaired) electrons. The third-order valence-electron chi connectivity index (χ3n) is 3.55. The van der Waals surface area contributed by atoms with Crippen LogP contribution in [0.15, 0.2) is 24.3 Å². The van der Waals surface area contributed by atoms with Crippen LogP contribution in [0.3, 0.4) is 0 Å². The Balaban J connectivity index is 0. The average molecular weight is 309 g/mol. The molecule has 114 valence electrons. The van der Waals surface area contributed by atoms with Gasteiger partial charge in [-0.2, -0.15) is 0 Å². The van der Waals surface area contributed by atoms with Crippen LogP contribution >= 0.6 is 12.4 Å².